The normalized spacial score (nSPS) is 11.6. The molecule has 1 aliphatic rings. The number of methoxy groups -OCH3 is 2. The molecule has 2 aromatic carbocycles. The van der Waals surface area contributed by atoms with E-state index in [-0.39, 0.29) is 101 Å². The molecule has 4 aromatic rings. The maximum atomic E-state index is 14.7. The predicted molar refractivity (Wildman–Crippen MR) is 203 cm³/mol. The fourth-order valence-corrected chi connectivity index (χ4v) is 5.52. The number of carbonyl (C=O) groups excluding carboxylic acids is 3. The number of pyridine rings is 2. The van der Waals surface area contributed by atoms with Crippen molar-refractivity contribution in [2.24, 2.45) is 0 Å². The van der Waals surface area contributed by atoms with Crippen molar-refractivity contribution >= 4 is 35.3 Å². The Morgan fingerprint density at radius 3 is 1.48 bits per heavy atom. The first kappa shape index (κ1) is 49.9. The molecule has 0 atom stereocenters. The Kier molecular flexibility index (Phi) is 21.3. The second kappa shape index (κ2) is 23.9. The molecule has 1 saturated heterocycles. The van der Waals surface area contributed by atoms with E-state index in [1.165, 1.54) is 63.5 Å². The Balaban J connectivity index is 0.000000937. The van der Waals surface area contributed by atoms with Gasteiger partial charge in [0.15, 0.2) is 17.4 Å². The summed E-state index contributed by atoms with van der Waals surface area (Å²) in [7, 11) is 2.39. The van der Waals surface area contributed by atoms with Crippen LogP contribution in [0.4, 0.5) is 17.6 Å². The Morgan fingerprint density at radius 2 is 1.12 bits per heavy atom. The molecule has 0 bridgehead atoms. The van der Waals surface area contributed by atoms with E-state index >= 15 is 0 Å². The number of halogens is 4. The minimum Gasteiger partial charge on any atom is -1.00 e. The summed E-state index contributed by atoms with van der Waals surface area (Å²) in [4.78, 5) is 44.6. The summed E-state index contributed by atoms with van der Waals surface area (Å²) in [5.74, 6) is -5.87. The molecule has 0 spiro atoms. The number of hydrogen-bond acceptors (Lipinski definition) is 10. The number of aliphatic hydroxyl groups is 1. The summed E-state index contributed by atoms with van der Waals surface area (Å²) in [6.07, 6.45) is 2.56. The van der Waals surface area contributed by atoms with Crippen molar-refractivity contribution in [3.8, 4) is 22.3 Å². The van der Waals surface area contributed by atoms with Crippen LogP contribution in [0.5, 0.6) is 0 Å². The van der Waals surface area contributed by atoms with Crippen LogP contribution in [0.15, 0.2) is 48.5 Å². The summed E-state index contributed by atoms with van der Waals surface area (Å²) in [6.45, 7) is 9.93. The van der Waals surface area contributed by atoms with E-state index in [0.29, 0.717) is 5.56 Å². The summed E-state index contributed by atoms with van der Waals surface area (Å²) in [6, 6.07) is 10.2. The smallest absolute Gasteiger partial charge is 1.00 e. The number of aliphatic hydroxyl groups excluding tert-OH is 1. The van der Waals surface area contributed by atoms with E-state index in [9.17, 15) is 37.1 Å². The minimum atomic E-state index is -1.06. The fourth-order valence-electron chi connectivity index (χ4n) is 5.52. The maximum Gasteiger partial charge on any atom is 1.00 e. The van der Waals surface area contributed by atoms with Crippen LogP contribution in [-0.2, 0) is 25.6 Å². The van der Waals surface area contributed by atoms with Crippen LogP contribution >= 0.6 is 0 Å². The van der Waals surface area contributed by atoms with Gasteiger partial charge >= 0.3 is 36.8 Å². The van der Waals surface area contributed by atoms with Gasteiger partial charge in [-0.3, -0.25) is 0 Å². The van der Waals surface area contributed by atoms with Gasteiger partial charge in [-0.05, 0) is 67.0 Å². The van der Waals surface area contributed by atoms with Gasteiger partial charge in [0.1, 0.15) is 17.2 Å². The summed E-state index contributed by atoms with van der Waals surface area (Å²) >= 11 is 0. The van der Waals surface area contributed by atoms with E-state index in [0.717, 1.165) is 25.3 Å². The first-order valence-corrected chi connectivity index (χ1v) is 17.2. The van der Waals surface area contributed by atoms with E-state index < -0.39 is 53.6 Å². The molecular weight excluding hydrogens is 746 g/mol. The van der Waals surface area contributed by atoms with Gasteiger partial charge in [0.05, 0.1) is 49.9 Å². The molecule has 5 rings (SSSR count). The maximum absolute atomic E-state index is 14.7. The van der Waals surface area contributed by atoms with Crippen molar-refractivity contribution in [2.45, 2.75) is 65.9 Å². The number of rotatable bonds is 9. The minimum absolute atomic E-state index is 0. The van der Waals surface area contributed by atoms with Gasteiger partial charge in [-0.1, -0.05) is 52.0 Å². The molecule has 16 heteroatoms. The quantitative estimate of drug-likeness (QED) is 0.0862. The fraction of sp³-hybridized carbons (Fsp3) is 0.375. The number of nitrogens with zero attached hydrogens (tertiary/aromatic N) is 2. The van der Waals surface area contributed by atoms with Crippen molar-refractivity contribution in [3.05, 3.63) is 106 Å². The van der Waals surface area contributed by atoms with Crippen molar-refractivity contribution < 1.29 is 76.3 Å². The second-order valence-electron chi connectivity index (χ2n) is 12.4. The Morgan fingerprint density at radius 1 is 0.714 bits per heavy atom. The van der Waals surface area contributed by atoms with Crippen molar-refractivity contribution in [1.29, 1.82) is 0 Å². The Bertz CT molecular complexity index is 1930. The van der Waals surface area contributed by atoms with Gasteiger partial charge < -0.3 is 25.5 Å². The molecule has 298 valence electrons. The zero-order valence-electron chi connectivity index (χ0n) is 33.2. The molecule has 56 heavy (non-hydrogen) atoms. The summed E-state index contributed by atoms with van der Waals surface area (Å²) < 4.78 is 75.0. The average Bonchev–Trinajstić information content (AvgIpc) is 3.75. The first-order valence-electron chi connectivity index (χ1n) is 17.2. The van der Waals surface area contributed by atoms with Gasteiger partial charge in [0, 0.05) is 29.9 Å². The van der Waals surface area contributed by atoms with E-state index in [1.54, 1.807) is 34.6 Å². The molecule has 1 aliphatic heterocycles. The second-order valence-corrected chi connectivity index (χ2v) is 12.4. The third-order valence-corrected chi connectivity index (χ3v) is 8.06. The standard InChI is InChI=1S/C19H19F2NO4.C17H17F2NO3.C4H8O.Al.Li.4H/c1-5-26-19(24)15-13(11-6-8-12(20)9-7-11)14(18(23)25-4)16(10(2)3)22-17(15)21;1-9(2)15-14(17(22)23-3)13(12(8-21)16(19)20-15)10-4-6-11(18)7-5-10;1-2-4-5-3-1;;;;;;/h6-10H,5H2,1-4H3;4-7,9,21H,8H2,1-3H3;1-4H2;;;;;;/q;;;;+1;;;;-1. The molecule has 0 unspecified atom stereocenters. The van der Waals surface area contributed by atoms with E-state index in [1.807, 2.05) is 0 Å². The third-order valence-electron chi connectivity index (χ3n) is 8.06. The van der Waals surface area contributed by atoms with Gasteiger partial charge in [-0.25, -0.2) is 33.1 Å². The van der Waals surface area contributed by atoms with Crippen LogP contribution in [0, 0.1) is 23.5 Å². The number of esters is 3. The largest absolute Gasteiger partial charge is 1.00 e. The van der Waals surface area contributed by atoms with E-state index in [2.05, 4.69) is 9.97 Å². The van der Waals surface area contributed by atoms with Crippen LogP contribution in [0.2, 0.25) is 0 Å². The molecule has 2 aromatic heterocycles. The SMILES string of the molecule is C1CCOC1.CCOC(=O)c1c(F)nc(C(C)C)c(C(=O)OC)c1-c1ccc(F)cc1.COC(=O)c1c(C(C)C)nc(F)c(CO)c1-c1ccc(F)cc1.[AlH3].[H-].[Li+]. The first-order chi connectivity index (χ1) is 25.7. The molecule has 1 fully saturated rings. The van der Waals surface area contributed by atoms with E-state index in [4.69, 9.17) is 18.9 Å². The number of hydrogen-bond donors (Lipinski definition) is 1. The molecule has 1 N–H and O–H groups in total. The topological polar surface area (TPSA) is 134 Å². The van der Waals surface area contributed by atoms with Crippen LogP contribution in [0.1, 0.15) is 109 Å². The summed E-state index contributed by atoms with van der Waals surface area (Å²) in [5.41, 5.74) is 0.634. The van der Waals surface area contributed by atoms with Crippen molar-refractivity contribution in [2.75, 3.05) is 34.0 Å². The molecular formula is C40H48AlF4LiN2O8. The molecule has 3 heterocycles. The van der Waals surface area contributed by atoms with Gasteiger partial charge in [0.2, 0.25) is 11.9 Å². The Hall–Kier alpha value is -4.08. The van der Waals surface area contributed by atoms with Crippen molar-refractivity contribution in [3.63, 3.8) is 0 Å². The Labute approximate surface area is 348 Å². The van der Waals surface area contributed by atoms with Crippen LogP contribution in [0.3, 0.4) is 0 Å². The molecule has 0 radical (unpaired) electrons. The number of ether oxygens (including phenoxy) is 4. The number of aromatic nitrogens is 2. The monoisotopic (exact) mass is 794 g/mol. The average molecular weight is 795 g/mol. The number of carbonyl (C=O) groups is 3. The predicted octanol–water partition coefficient (Wildman–Crippen LogP) is 4.27. The zero-order chi connectivity index (χ0) is 40.1. The molecule has 0 aliphatic carbocycles. The summed E-state index contributed by atoms with van der Waals surface area (Å²) in [5, 5.41) is 9.52. The van der Waals surface area contributed by atoms with Crippen LogP contribution in [0.25, 0.3) is 22.3 Å². The van der Waals surface area contributed by atoms with Crippen LogP contribution < -0.4 is 18.9 Å². The third kappa shape index (κ3) is 12.5. The molecule has 0 amide bonds. The van der Waals surface area contributed by atoms with Gasteiger partial charge in [-0.2, -0.15) is 8.78 Å². The van der Waals surface area contributed by atoms with Crippen LogP contribution in [-0.4, -0.2) is 84.4 Å². The van der Waals surface area contributed by atoms with Gasteiger partial charge in [-0.15, -0.1) is 0 Å². The molecule has 0 saturated carbocycles. The zero-order valence-corrected chi connectivity index (χ0v) is 32.2. The van der Waals surface area contributed by atoms with Gasteiger partial charge in [0.25, 0.3) is 0 Å². The molecule has 10 nitrogen and oxygen atoms in total. The van der Waals surface area contributed by atoms with Crippen molar-refractivity contribution in [1.82, 2.24) is 9.97 Å². The number of benzene rings is 2.